The van der Waals surface area contributed by atoms with Crippen molar-refractivity contribution < 1.29 is 18.3 Å². The van der Waals surface area contributed by atoms with Crippen molar-refractivity contribution in [1.29, 1.82) is 0 Å². The van der Waals surface area contributed by atoms with Gasteiger partial charge < -0.3 is 18.3 Å². The first-order chi connectivity index (χ1) is 8.20. The van der Waals surface area contributed by atoms with Gasteiger partial charge >= 0.3 is 8.56 Å². The highest BCUT2D eigenvalue weighted by Gasteiger charge is 2.59. The van der Waals surface area contributed by atoms with Crippen LogP contribution in [-0.4, -0.2) is 40.4 Å². The van der Waals surface area contributed by atoms with Gasteiger partial charge in [0.25, 0.3) is 0 Å². The Balaban J connectivity index is 2.97. The summed E-state index contributed by atoms with van der Waals surface area (Å²) in [6, 6.07) is 0.943. The van der Waals surface area contributed by atoms with Gasteiger partial charge in [0.15, 0.2) is 0 Å². The van der Waals surface area contributed by atoms with E-state index in [2.05, 4.69) is 6.92 Å². The molecule has 17 heavy (non-hydrogen) atoms. The second-order valence-corrected chi connectivity index (χ2v) is 7.80. The van der Waals surface area contributed by atoms with Crippen molar-refractivity contribution in [1.82, 2.24) is 0 Å². The Hall–Kier alpha value is 0.347. The van der Waals surface area contributed by atoms with Crippen LogP contribution in [0, 0.1) is 0 Å². The maximum absolute atomic E-state index is 5.91. The first-order valence-electron chi connectivity index (χ1n) is 6.23. The van der Waals surface area contributed by atoms with Crippen molar-refractivity contribution in [2.75, 3.05) is 26.4 Å². The number of ether oxygens (including phenoxy) is 2. The van der Waals surface area contributed by atoms with Crippen LogP contribution in [0.4, 0.5) is 0 Å². The summed E-state index contributed by atoms with van der Waals surface area (Å²) in [6.07, 6.45) is 2.61. The quantitative estimate of drug-likeness (QED) is 0.531. The van der Waals surface area contributed by atoms with E-state index in [-0.39, 0.29) is 6.07 Å². The molecule has 1 saturated heterocycles. The van der Waals surface area contributed by atoms with E-state index >= 15 is 0 Å². The van der Waals surface area contributed by atoms with E-state index in [9.17, 15) is 0 Å². The van der Waals surface area contributed by atoms with Crippen molar-refractivity contribution in [2.24, 2.45) is 0 Å². The van der Waals surface area contributed by atoms with Crippen LogP contribution in [0.3, 0.4) is 0 Å². The summed E-state index contributed by atoms with van der Waals surface area (Å²) in [6.45, 7) is 5.53. The van der Waals surface area contributed by atoms with Gasteiger partial charge in [0.2, 0.25) is 5.41 Å². The zero-order valence-corrected chi connectivity index (χ0v) is 12.7. The minimum Gasteiger partial charge on any atom is -0.395 e. The van der Waals surface area contributed by atoms with Gasteiger partial charge in [-0.15, -0.1) is 0 Å². The highest BCUT2D eigenvalue weighted by Crippen LogP contribution is 2.37. The van der Waals surface area contributed by atoms with Gasteiger partial charge in [-0.1, -0.05) is 31.9 Å². The fourth-order valence-corrected chi connectivity index (χ4v) is 6.30. The standard InChI is InChI=1S/C11H23ClO4Si/c1-4-9-17(13-3,16-10-12)11(5-2)14-7-6-8-15-11/h4-10H2,1-3H3. The third-order valence-electron chi connectivity index (χ3n) is 3.20. The molecule has 1 fully saturated rings. The summed E-state index contributed by atoms with van der Waals surface area (Å²) >= 11 is 5.76. The van der Waals surface area contributed by atoms with Crippen LogP contribution >= 0.6 is 11.6 Å². The molecule has 0 bridgehead atoms. The fourth-order valence-electron chi connectivity index (χ4n) is 2.37. The zero-order chi connectivity index (χ0) is 12.8. The van der Waals surface area contributed by atoms with E-state index in [4.69, 9.17) is 29.9 Å². The molecule has 6 heteroatoms. The molecule has 0 spiro atoms. The van der Waals surface area contributed by atoms with Gasteiger partial charge in [-0.05, 0) is 12.5 Å². The molecule has 1 aliphatic rings. The predicted molar refractivity (Wildman–Crippen MR) is 69.2 cm³/mol. The Morgan fingerprint density at radius 2 is 1.94 bits per heavy atom. The maximum Gasteiger partial charge on any atom is 0.400 e. The Morgan fingerprint density at radius 1 is 1.29 bits per heavy atom. The number of alkyl halides is 1. The minimum atomic E-state index is -2.60. The van der Waals surface area contributed by atoms with Crippen LogP contribution in [0.5, 0.6) is 0 Å². The first kappa shape index (κ1) is 15.4. The van der Waals surface area contributed by atoms with Gasteiger partial charge in [0, 0.05) is 13.5 Å². The summed E-state index contributed by atoms with van der Waals surface area (Å²) in [4.78, 5) is 0. The first-order valence-corrected chi connectivity index (χ1v) is 8.79. The lowest BCUT2D eigenvalue weighted by molar-refractivity contribution is -0.238. The van der Waals surface area contributed by atoms with Crippen molar-refractivity contribution in [2.45, 2.75) is 44.6 Å². The highest BCUT2D eigenvalue weighted by molar-refractivity contribution is 6.70. The number of rotatable bonds is 7. The molecule has 1 aliphatic heterocycles. The molecule has 0 aromatic carbocycles. The second-order valence-electron chi connectivity index (χ2n) is 4.12. The SMILES string of the molecule is CCC[Si](OC)(OCCl)C1(CC)OCCCO1. The number of halogens is 1. The molecule has 0 aliphatic carbocycles. The highest BCUT2D eigenvalue weighted by atomic mass is 35.5. The number of hydrogen-bond donors (Lipinski definition) is 0. The topological polar surface area (TPSA) is 36.9 Å². The van der Waals surface area contributed by atoms with Crippen molar-refractivity contribution >= 4 is 20.2 Å². The summed E-state index contributed by atoms with van der Waals surface area (Å²) < 4.78 is 23.3. The molecule has 102 valence electrons. The summed E-state index contributed by atoms with van der Waals surface area (Å²) in [7, 11) is -0.922. The lowest BCUT2D eigenvalue weighted by Crippen LogP contribution is -2.66. The molecule has 0 amide bonds. The molecule has 0 saturated carbocycles. The van der Waals surface area contributed by atoms with Crippen LogP contribution in [0.15, 0.2) is 0 Å². The summed E-state index contributed by atoms with van der Waals surface area (Å²) in [5.74, 6) is 0. The van der Waals surface area contributed by atoms with Crippen LogP contribution < -0.4 is 0 Å². The molecule has 1 atom stereocenters. The molecule has 0 aromatic rings. The largest absolute Gasteiger partial charge is 0.400 e. The van der Waals surface area contributed by atoms with Crippen LogP contribution in [-0.2, 0) is 18.3 Å². The average Bonchev–Trinajstić information content (AvgIpc) is 2.39. The van der Waals surface area contributed by atoms with Gasteiger partial charge in [-0.2, -0.15) is 0 Å². The third-order valence-corrected chi connectivity index (χ3v) is 7.72. The van der Waals surface area contributed by atoms with Crippen molar-refractivity contribution in [3.63, 3.8) is 0 Å². The van der Waals surface area contributed by atoms with Crippen LogP contribution in [0.1, 0.15) is 33.1 Å². The lowest BCUT2D eigenvalue weighted by Gasteiger charge is -2.46. The van der Waals surface area contributed by atoms with Crippen molar-refractivity contribution in [3.8, 4) is 0 Å². The molecular formula is C11H23ClO4Si. The Bertz CT molecular complexity index is 216. The Morgan fingerprint density at radius 3 is 2.35 bits per heavy atom. The molecular weight excluding hydrogens is 260 g/mol. The van der Waals surface area contributed by atoms with E-state index in [0.717, 1.165) is 25.3 Å². The molecule has 1 rings (SSSR count). The van der Waals surface area contributed by atoms with Crippen molar-refractivity contribution in [3.05, 3.63) is 0 Å². The van der Waals surface area contributed by atoms with Gasteiger partial charge in [0.05, 0.1) is 13.2 Å². The summed E-state index contributed by atoms with van der Waals surface area (Å²) in [5.41, 5.74) is -0.703. The smallest absolute Gasteiger partial charge is 0.395 e. The normalized spacial score (nSPS) is 23.3. The third kappa shape index (κ3) is 3.03. The maximum atomic E-state index is 5.91. The second kappa shape index (κ2) is 7.06. The summed E-state index contributed by atoms with van der Waals surface area (Å²) in [5, 5.41) is 0. The van der Waals surface area contributed by atoms with Crippen LogP contribution in [0.25, 0.3) is 0 Å². The van der Waals surface area contributed by atoms with Crippen LogP contribution in [0.2, 0.25) is 6.04 Å². The van der Waals surface area contributed by atoms with E-state index < -0.39 is 14.0 Å². The number of hydrogen-bond acceptors (Lipinski definition) is 4. The predicted octanol–water partition coefficient (Wildman–Crippen LogP) is 2.78. The molecule has 1 unspecified atom stereocenters. The zero-order valence-electron chi connectivity index (χ0n) is 11.0. The van der Waals surface area contributed by atoms with E-state index in [1.165, 1.54) is 0 Å². The Labute approximate surface area is 110 Å². The molecule has 1 heterocycles. The molecule has 0 radical (unpaired) electrons. The van der Waals surface area contributed by atoms with E-state index in [0.29, 0.717) is 13.2 Å². The van der Waals surface area contributed by atoms with E-state index in [1.807, 2.05) is 6.92 Å². The molecule has 4 nitrogen and oxygen atoms in total. The fraction of sp³-hybridized carbons (Fsp3) is 1.00. The average molecular weight is 283 g/mol. The molecule has 0 N–H and O–H groups in total. The van der Waals surface area contributed by atoms with Gasteiger partial charge in [-0.25, -0.2) is 0 Å². The van der Waals surface area contributed by atoms with Gasteiger partial charge in [0.1, 0.15) is 6.07 Å². The Kier molecular flexibility index (Phi) is 6.40. The van der Waals surface area contributed by atoms with E-state index in [1.54, 1.807) is 7.11 Å². The minimum absolute atomic E-state index is 0.120. The monoisotopic (exact) mass is 282 g/mol. The molecule has 0 aromatic heterocycles. The lowest BCUT2D eigenvalue weighted by atomic mass is 10.4. The van der Waals surface area contributed by atoms with Gasteiger partial charge in [-0.3, -0.25) is 0 Å².